The lowest BCUT2D eigenvalue weighted by molar-refractivity contribution is 0.0678. The number of hydrogen-bond acceptors (Lipinski definition) is 4. The zero-order chi connectivity index (χ0) is 16.2. The van der Waals surface area contributed by atoms with Crippen LogP contribution in [0.5, 0.6) is 0 Å². The molecule has 0 aliphatic carbocycles. The van der Waals surface area contributed by atoms with Crippen molar-refractivity contribution < 1.29 is 8.78 Å². The van der Waals surface area contributed by atoms with Crippen molar-refractivity contribution in [3.05, 3.63) is 48.5 Å². The van der Waals surface area contributed by atoms with Crippen molar-refractivity contribution in [2.75, 3.05) is 0 Å². The van der Waals surface area contributed by atoms with E-state index >= 15 is 0 Å². The van der Waals surface area contributed by atoms with Crippen molar-refractivity contribution in [2.24, 2.45) is 0 Å². The van der Waals surface area contributed by atoms with Gasteiger partial charge in [-0.15, -0.1) is 10.2 Å². The number of thioether (sulfide) groups is 1. The quantitative estimate of drug-likeness (QED) is 0.642. The summed E-state index contributed by atoms with van der Waals surface area (Å²) >= 11 is 1.35. The van der Waals surface area contributed by atoms with Crippen molar-refractivity contribution in [1.29, 1.82) is 0 Å². The summed E-state index contributed by atoms with van der Waals surface area (Å²) in [5.74, 6) is 1.40. The summed E-state index contributed by atoms with van der Waals surface area (Å²) in [6.45, 7) is 0.111. The molecule has 0 spiro atoms. The normalized spacial score (nSPS) is 11.3. The molecule has 0 radical (unpaired) electrons. The number of aromatic nitrogens is 5. The monoisotopic (exact) mass is 335 g/mol. The van der Waals surface area contributed by atoms with E-state index in [0.717, 1.165) is 16.0 Å². The van der Waals surface area contributed by atoms with Gasteiger partial charge in [-0.3, -0.25) is 4.57 Å². The van der Waals surface area contributed by atoms with Gasteiger partial charge in [-0.25, -0.2) is 4.98 Å². The van der Waals surface area contributed by atoms with Crippen LogP contribution in [0.15, 0.2) is 47.9 Å². The van der Waals surface area contributed by atoms with Crippen LogP contribution in [0.2, 0.25) is 0 Å². The summed E-state index contributed by atoms with van der Waals surface area (Å²) in [6, 6.07) is 9.75. The summed E-state index contributed by atoms with van der Waals surface area (Å²) in [5.41, 5.74) is 0.975. The topological polar surface area (TPSA) is 48.5 Å². The number of alkyl halides is 2. The average molecular weight is 335 g/mol. The Kier molecular flexibility index (Phi) is 4.71. The summed E-state index contributed by atoms with van der Waals surface area (Å²) < 4.78 is 28.5. The molecule has 3 aromatic rings. The molecule has 8 heteroatoms. The molecule has 120 valence electrons. The molecule has 1 aromatic carbocycles. The second-order valence-corrected chi connectivity index (χ2v) is 5.68. The van der Waals surface area contributed by atoms with E-state index in [2.05, 4.69) is 15.2 Å². The molecule has 5 nitrogen and oxygen atoms in total. The van der Waals surface area contributed by atoms with E-state index in [1.807, 2.05) is 41.8 Å². The number of hydrogen-bond donors (Lipinski definition) is 0. The first-order valence-corrected chi connectivity index (χ1v) is 8.10. The molecule has 0 atom stereocenters. The Balaban J connectivity index is 1.81. The van der Waals surface area contributed by atoms with Gasteiger partial charge in [-0.05, 0) is 6.92 Å². The highest BCUT2D eigenvalue weighted by atomic mass is 32.2. The first kappa shape index (κ1) is 15.7. The van der Waals surface area contributed by atoms with Crippen molar-refractivity contribution in [2.45, 2.75) is 30.9 Å². The van der Waals surface area contributed by atoms with Gasteiger partial charge in [-0.1, -0.05) is 42.1 Å². The third kappa shape index (κ3) is 3.26. The predicted molar refractivity (Wildman–Crippen MR) is 84.2 cm³/mol. The van der Waals surface area contributed by atoms with Gasteiger partial charge < -0.3 is 4.57 Å². The van der Waals surface area contributed by atoms with Gasteiger partial charge in [0.25, 0.3) is 0 Å². The van der Waals surface area contributed by atoms with Gasteiger partial charge in [0.2, 0.25) is 0 Å². The minimum Gasteiger partial charge on any atom is -0.302 e. The van der Waals surface area contributed by atoms with E-state index in [0.29, 0.717) is 23.3 Å². The second-order valence-electron chi connectivity index (χ2n) is 4.73. The van der Waals surface area contributed by atoms with Gasteiger partial charge in [0.1, 0.15) is 5.82 Å². The van der Waals surface area contributed by atoms with Gasteiger partial charge >= 0.3 is 6.55 Å². The molecule has 0 aliphatic rings. The van der Waals surface area contributed by atoms with E-state index in [1.54, 1.807) is 0 Å². The SMILES string of the molecule is CCn1c(SCc2nccn2C(F)F)nnc1-c1ccccc1. The van der Waals surface area contributed by atoms with Crippen LogP contribution >= 0.6 is 11.8 Å². The van der Waals surface area contributed by atoms with Gasteiger partial charge in [0, 0.05) is 24.5 Å². The van der Waals surface area contributed by atoms with E-state index in [4.69, 9.17) is 0 Å². The molecule has 2 heterocycles. The number of halogens is 2. The van der Waals surface area contributed by atoms with E-state index < -0.39 is 6.55 Å². The fourth-order valence-corrected chi connectivity index (χ4v) is 3.20. The van der Waals surface area contributed by atoms with Gasteiger partial charge in [-0.2, -0.15) is 8.78 Å². The Morgan fingerprint density at radius 3 is 2.65 bits per heavy atom. The second kappa shape index (κ2) is 6.91. The molecule has 0 unspecified atom stereocenters. The third-order valence-electron chi connectivity index (χ3n) is 3.35. The average Bonchev–Trinajstić information content (AvgIpc) is 3.20. The van der Waals surface area contributed by atoms with E-state index in [9.17, 15) is 8.78 Å². The molecular formula is C15H15F2N5S. The van der Waals surface area contributed by atoms with Crippen molar-refractivity contribution in [3.63, 3.8) is 0 Å². The Morgan fingerprint density at radius 1 is 1.17 bits per heavy atom. The summed E-state index contributed by atoms with van der Waals surface area (Å²) in [4.78, 5) is 3.98. The highest BCUT2D eigenvalue weighted by Crippen LogP contribution is 2.26. The maximum absolute atomic E-state index is 12.8. The van der Waals surface area contributed by atoms with E-state index in [1.165, 1.54) is 24.2 Å². The zero-order valence-corrected chi connectivity index (χ0v) is 13.2. The fourth-order valence-electron chi connectivity index (χ4n) is 2.24. The van der Waals surface area contributed by atoms with Crippen molar-refractivity contribution in [1.82, 2.24) is 24.3 Å². The van der Waals surface area contributed by atoms with Gasteiger partial charge in [0.05, 0.1) is 5.75 Å². The highest BCUT2D eigenvalue weighted by molar-refractivity contribution is 7.98. The lowest BCUT2D eigenvalue weighted by atomic mass is 10.2. The van der Waals surface area contributed by atoms with Crippen molar-refractivity contribution >= 4 is 11.8 Å². The molecule has 2 aromatic heterocycles. The van der Waals surface area contributed by atoms with Crippen LogP contribution in [0.1, 0.15) is 19.3 Å². The number of rotatable bonds is 6. The predicted octanol–water partition coefficient (Wildman–Crippen LogP) is 3.85. The minimum absolute atomic E-state index is 0.310. The van der Waals surface area contributed by atoms with Crippen molar-refractivity contribution in [3.8, 4) is 11.4 Å². The lowest BCUT2D eigenvalue weighted by Gasteiger charge is -2.08. The highest BCUT2D eigenvalue weighted by Gasteiger charge is 2.16. The first-order chi connectivity index (χ1) is 11.2. The van der Waals surface area contributed by atoms with Crippen LogP contribution in [-0.4, -0.2) is 24.3 Å². The van der Waals surface area contributed by atoms with Gasteiger partial charge in [0.15, 0.2) is 11.0 Å². The maximum atomic E-state index is 12.8. The standard InChI is InChI=1S/C15H15F2N5S/c1-2-21-13(11-6-4-3-5-7-11)19-20-15(21)23-10-12-18-8-9-22(12)14(16)17/h3-9,14H,2,10H2,1H3. The summed E-state index contributed by atoms with van der Waals surface area (Å²) in [5, 5.41) is 9.11. The molecule has 0 saturated carbocycles. The lowest BCUT2D eigenvalue weighted by Crippen LogP contribution is -2.03. The smallest absolute Gasteiger partial charge is 0.302 e. The number of imidazole rings is 1. The Hall–Kier alpha value is -2.22. The molecule has 0 fully saturated rings. The Labute approximate surface area is 136 Å². The third-order valence-corrected chi connectivity index (χ3v) is 4.32. The van der Waals surface area contributed by atoms with Crippen LogP contribution in [0.4, 0.5) is 8.78 Å². The molecule has 0 amide bonds. The minimum atomic E-state index is -2.59. The first-order valence-electron chi connectivity index (χ1n) is 7.12. The fraction of sp³-hybridized carbons (Fsp3) is 0.267. The largest absolute Gasteiger partial charge is 0.319 e. The molecular weight excluding hydrogens is 320 g/mol. The summed E-state index contributed by atoms with van der Waals surface area (Å²) in [7, 11) is 0. The van der Waals surface area contributed by atoms with Crippen LogP contribution in [0, 0.1) is 0 Å². The van der Waals surface area contributed by atoms with Crippen LogP contribution < -0.4 is 0 Å². The van der Waals surface area contributed by atoms with Crippen LogP contribution in [-0.2, 0) is 12.3 Å². The van der Waals surface area contributed by atoms with Crippen LogP contribution in [0.25, 0.3) is 11.4 Å². The molecule has 3 rings (SSSR count). The number of nitrogens with zero attached hydrogens (tertiary/aromatic N) is 5. The van der Waals surface area contributed by atoms with E-state index in [-0.39, 0.29) is 0 Å². The number of benzene rings is 1. The Morgan fingerprint density at radius 2 is 1.96 bits per heavy atom. The zero-order valence-electron chi connectivity index (χ0n) is 12.4. The maximum Gasteiger partial charge on any atom is 0.319 e. The summed E-state index contributed by atoms with van der Waals surface area (Å²) in [6.07, 6.45) is 2.66. The molecule has 23 heavy (non-hydrogen) atoms. The molecule has 0 N–H and O–H groups in total. The van der Waals surface area contributed by atoms with Crippen LogP contribution in [0.3, 0.4) is 0 Å². The molecule has 0 bridgehead atoms. The molecule has 0 saturated heterocycles. The Bertz CT molecular complexity index is 769. The molecule has 0 aliphatic heterocycles.